The summed E-state index contributed by atoms with van der Waals surface area (Å²) in [6, 6.07) is -4.85. The summed E-state index contributed by atoms with van der Waals surface area (Å²) in [6.45, 7) is 0.995. The molecule has 7 rings (SSSR count). The molecule has 7 fully saturated rings. The maximum Gasteiger partial charge on any atom is 0.220 e. The molecule has 7 aliphatic heterocycles. The maximum absolute atomic E-state index is 13.6. The molecule has 7 heterocycles. The van der Waals surface area contributed by atoms with E-state index in [0.717, 1.165) is 65.2 Å². The second-order valence-corrected chi connectivity index (χ2v) is 34.2. The van der Waals surface area contributed by atoms with Gasteiger partial charge in [-0.2, -0.15) is 0 Å². The van der Waals surface area contributed by atoms with E-state index in [0.29, 0.717) is 12.8 Å². The fourth-order valence-corrected chi connectivity index (χ4v) is 16.9. The number of aliphatic hydroxyl groups is 20. The van der Waals surface area contributed by atoms with Crippen molar-refractivity contribution in [3.8, 4) is 0 Å². The van der Waals surface area contributed by atoms with Gasteiger partial charge in [0.25, 0.3) is 0 Å². The van der Waals surface area contributed by atoms with Gasteiger partial charge < -0.3 is 184 Å². The first kappa shape index (κ1) is 108. The molecule has 0 bridgehead atoms. The van der Waals surface area contributed by atoms with Gasteiger partial charge in [-0.3, -0.25) is 14.4 Å². The van der Waals surface area contributed by atoms with Crippen LogP contribution in [-0.2, 0) is 80.7 Å². The molecular weight excluding hydrogens is 1640 g/mol. The standard InChI is InChI=1S/C84H151N3O37/c1-6-8-10-12-14-16-18-20-21-22-23-25-27-29-31-33-35-37-56(97)87-48(49(96)36-34-32-30-28-26-24-19-17-15-13-11-9-7-2)44-111-80-69(108)66(105)73(54(42-92)118-80)120-84-70(109)76(61(100)51(39-89)115-84)123-78-57(85-46(4)94)63(102)72(53(41-91)116-78)119-83-71(110)77(62(101)52(40-90)114-83)124-79-58(86-47(5)95)75(122-81-67(106)64(103)59(98)45(3)112-81)74(55(43-93)117-79)121-82-68(107)65(104)60(99)50(38-88)113-82/h34,36,45,48-55,57-84,88-93,96,98-110H,6-33,35,37-44H2,1-5H3,(H,85,94)(H,86,95)(H,87,97)/b36-34+/t45?,48-,49+,50?,51?,52?,53?,54?,55?,57?,58?,59+,60-,61-,62-,63+,64?,65-,66+,67-,68?,69?,70?,71?,72+,73+,74+,75+,76-,77-,78-,79-,80+,81+,82-,83-,84-/m0/s1. The van der Waals surface area contributed by atoms with E-state index in [1.54, 1.807) is 6.08 Å². The van der Waals surface area contributed by atoms with E-state index in [2.05, 4.69) is 29.8 Å². The fraction of sp³-hybridized carbons (Fsp3) is 0.940. The molecule has 3 amide bonds. The number of rotatable bonds is 56. The highest BCUT2D eigenvalue weighted by Crippen LogP contribution is 2.40. The first-order valence-electron chi connectivity index (χ1n) is 45.3. The van der Waals surface area contributed by atoms with Crippen LogP contribution in [-0.4, -0.2) is 393 Å². The molecule has 124 heavy (non-hydrogen) atoms. The Morgan fingerprint density at radius 3 is 1.10 bits per heavy atom. The Balaban J connectivity index is 1.01. The van der Waals surface area contributed by atoms with Gasteiger partial charge in [0, 0.05) is 20.3 Å². The summed E-state index contributed by atoms with van der Waals surface area (Å²) < 4.78 is 84.0. The molecule has 0 saturated carbocycles. The van der Waals surface area contributed by atoms with Crippen LogP contribution in [0.1, 0.15) is 227 Å². The van der Waals surface area contributed by atoms with Crippen LogP contribution in [0.5, 0.6) is 0 Å². The first-order valence-corrected chi connectivity index (χ1v) is 45.3. The van der Waals surface area contributed by atoms with E-state index in [-0.39, 0.29) is 12.3 Å². The Bertz CT molecular complexity index is 2950. The molecule has 37 atom stereocenters. The molecule has 724 valence electrons. The summed E-state index contributed by atoms with van der Waals surface area (Å²) in [5, 5.41) is 232. The lowest BCUT2D eigenvalue weighted by molar-refractivity contribution is -0.393. The second kappa shape index (κ2) is 56.6. The number of carbonyl (C=O) groups excluding carboxylic acids is 3. The van der Waals surface area contributed by atoms with Crippen LogP contribution >= 0.6 is 0 Å². The van der Waals surface area contributed by atoms with Crippen molar-refractivity contribution < 1.29 is 183 Å². The van der Waals surface area contributed by atoms with Gasteiger partial charge in [-0.05, 0) is 26.2 Å². The Labute approximate surface area is 726 Å². The highest BCUT2D eigenvalue weighted by atomic mass is 16.8. The molecule has 0 spiro atoms. The van der Waals surface area contributed by atoms with Crippen molar-refractivity contribution in [3.63, 3.8) is 0 Å². The van der Waals surface area contributed by atoms with Gasteiger partial charge in [-0.1, -0.05) is 193 Å². The van der Waals surface area contributed by atoms with Gasteiger partial charge in [0.1, 0.15) is 165 Å². The smallest absolute Gasteiger partial charge is 0.220 e. The molecule has 7 aliphatic rings. The lowest BCUT2D eigenvalue weighted by Gasteiger charge is -2.52. The summed E-state index contributed by atoms with van der Waals surface area (Å²) in [5.74, 6) is -2.16. The van der Waals surface area contributed by atoms with Gasteiger partial charge in [-0.25, -0.2) is 0 Å². The molecule has 40 nitrogen and oxygen atoms in total. The third-order valence-electron chi connectivity index (χ3n) is 24.3. The fourth-order valence-electron chi connectivity index (χ4n) is 16.9. The minimum absolute atomic E-state index is 0.164. The maximum atomic E-state index is 13.6. The van der Waals surface area contributed by atoms with Gasteiger partial charge in [0.05, 0.1) is 64.5 Å². The van der Waals surface area contributed by atoms with Crippen molar-refractivity contribution in [2.75, 3.05) is 46.2 Å². The zero-order valence-electron chi connectivity index (χ0n) is 72.6. The first-order chi connectivity index (χ1) is 59.5. The highest BCUT2D eigenvalue weighted by Gasteiger charge is 2.60. The van der Waals surface area contributed by atoms with Gasteiger partial charge in [0.2, 0.25) is 17.7 Å². The minimum Gasteiger partial charge on any atom is -0.394 e. The average molecular weight is 1800 g/mol. The minimum atomic E-state index is -2.34. The number of allylic oxidation sites excluding steroid dienone is 1. The number of unbranched alkanes of at least 4 members (excludes halogenated alkanes) is 27. The lowest BCUT2D eigenvalue weighted by atomic mass is 9.93. The monoisotopic (exact) mass is 1790 g/mol. The van der Waals surface area contributed by atoms with Crippen molar-refractivity contribution in [2.45, 2.75) is 454 Å². The Morgan fingerprint density at radius 1 is 0.331 bits per heavy atom. The second-order valence-electron chi connectivity index (χ2n) is 34.2. The number of aliphatic hydroxyl groups excluding tert-OH is 20. The number of nitrogens with one attached hydrogen (secondary N) is 3. The zero-order valence-corrected chi connectivity index (χ0v) is 72.6. The van der Waals surface area contributed by atoms with Crippen LogP contribution in [0.15, 0.2) is 12.2 Å². The van der Waals surface area contributed by atoms with Crippen LogP contribution < -0.4 is 16.0 Å². The van der Waals surface area contributed by atoms with Crippen LogP contribution in [0.3, 0.4) is 0 Å². The Kier molecular flexibility index (Phi) is 49.2. The highest BCUT2D eigenvalue weighted by molar-refractivity contribution is 5.76. The summed E-state index contributed by atoms with van der Waals surface area (Å²) in [5.41, 5.74) is 0. The van der Waals surface area contributed by atoms with Crippen LogP contribution in [0.2, 0.25) is 0 Å². The van der Waals surface area contributed by atoms with E-state index < -0.39 is 285 Å². The van der Waals surface area contributed by atoms with Gasteiger partial charge in [0.15, 0.2) is 44.0 Å². The van der Waals surface area contributed by atoms with Crippen molar-refractivity contribution in [2.24, 2.45) is 0 Å². The number of hydrogen-bond donors (Lipinski definition) is 23. The SMILES string of the molecule is CCCCCCCCCCCCC/C=C/[C@@H](O)[C@H](CO[C@@H]1OC(CO)[C@@H](O[C@@H]2OC(CO)[C@H](O)[C@H](O[C@@H]3OC(CO)[C@@H](O[C@@H]4OC(CO)[C@H](O)[C@H](O[C@@H]5OC(CO)[C@@H](O[C@@H]6OC(CO)[C@H](O)[C@H](O)C6O)[C@H](O[C@H]6OC(C)[C@@H](O)C(O)[C@@H]6O)C5NC(C)=O)C4O)[C@H](O)C3NC(C)=O)C2O)[C@H](O)C1O)NC(=O)CCCCCCCCCCCCCCCCCCC. The zero-order chi connectivity index (χ0) is 90.7. The molecule has 0 radical (unpaired) electrons. The number of carbonyl (C=O) groups is 3. The molecule has 0 aromatic heterocycles. The number of amides is 3. The summed E-state index contributed by atoms with van der Waals surface area (Å²) in [6.07, 6.45) is -28.8. The van der Waals surface area contributed by atoms with E-state index >= 15 is 0 Å². The summed E-state index contributed by atoms with van der Waals surface area (Å²) in [7, 11) is 0. The topological polar surface area (TPSA) is 621 Å². The number of ether oxygens (including phenoxy) is 14. The van der Waals surface area contributed by atoms with E-state index in [1.807, 2.05) is 6.08 Å². The predicted molar refractivity (Wildman–Crippen MR) is 434 cm³/mol. The van der Waals surface area contributed by atoms with E-state index in [4.69, 9.17) is 66.3 Å². The molecule has 0 aromatic carbocycles. The van der Waals surface area contributed by atoms with Crippen molar-refractivity contribution in [1.29, 1.82) is 0 Å². The predicted octanol–water partition coefficient (Wildman–Crippen LogP) is -2.79. The van der Waals surface area contributed by atoms with Crippen LogP contribution in [0.4, 0.5) is 0 Å². The van der Waals surface area contributed by atoms with E-state index in [1.165, 1.54) is 129 Å². The summed E-state index contributed by atoms with van der Waals surface area (Å²) >= 11 is 0. The molecule has 23 N–H and O–H groups in total. The van der Waals surface area contributed by atoms with Crippen molar-refractivity contribution in [1.82, 2.24) is 16.0 Å². The third kappa shape index (κ3) is 31.8. The Hall–Kier alpha value is -3.21. The van der Waals surface area contributed by atoms with Crippen molar-refractivity contribution in [3.05, 3.63) is 12.2 Å². The van der Waals surface area contributed by atoms with Gasteiger partial charge >= 0.3 is 0 Å². The third-order valence-corrected chi connectivity index (χ3v) is 24.3. The van der Waals surface area contributed by atoms with Crippen LogP contribution in [0, 0.1) is 0 Å². The van der Waals surface area contributed by atoms with Crippen LogP contribution in [0.25, 0.3) is 0 Å². The summed E-state index contributed by atoms with van der Waals surface area (Å²) in [4.78, 5) is 39.9. The molecule has 7 saturated heterocycles. The molecule has 0 aromatic rings. The average Bonchev–Trinajstić information content (AvgIpc) is 0.761. The largest absolute Gasteiger partial charge is 0.394 e. The quantitative estimate of drug-likeness (QED) is 0.0216. The van der Waals surface area contributed by atoms with Crippen molar-refractivity contribution >= 4 is 17.7 Å². The molecular formula is C84H151N3O37. The lowest BCUT2D eigenvalue weighted by Crippen LogP contribution is -2.71. The molecule has 40 heteroatoms. The number of hydrogen-bond acceptors (Lipinski definition) is 37. The van der Waals surface area contributed by atoms with Gasteiger partial charge in [-0.15, -0.1) is 0 Å². The Morgan fingerprint density at radius 2 is 0.661 bits per heavy atom. The molecule has 0 aliphatic carbocycles. The molecule has 14 unspecified atom stereocenters. The normalized spacial score (nSPS) is 38.5. The van der Waals surface area contributed by atoms with E-state index in [9.17, 15) is 117 Å².